The number of ether oxygens (including phenoxy) is 2. The van der Waals surface area contributed by atoms with Crippen molar-refractivity contribution in [3.8, 4) is 11.5 Å². The maximum atomic E-state index is 12.8. The molecule has 1 N–H and O–H groups in total. The zero-order valence-electron chi connectivity index (χ0n) is 18.0. The lowest BCUT2D eigenvalue weighted by Crippen LogP contribution is -2.40. The van der Waals surface area contributed by atoms with Crippen molar-refractivity contribution in [3.05, 3.63) is 23.8 Å². The highest BCUT2D eigenvalue weighted by molar-refractivity contribution is 5.80. The molecule has 0 aromatic heterocycles. The van der Waals surface area contributed by atoms with Crippen LogP contribution in [0.3, 0.4) is 0 Å². The summed E-state index contributed by atoms with van der Waals surface area (Å²) in [6.45, 7) is 9.63. The van der Waals surface area contributed by atoms with Crippen LogP contribution in [0.25, 0.3) is 0 Å². The van der Waals surface area contributed by atoms with Gasteiger partial charge in [-0.3, -0.25) is 0 Å². The van der Waals surface area contributed by atoms with Gasteiger partial charge in [0.2, 0.25) is 0 Å². The van der Waals surface area contributed by atoms with E-state index < -0.39 is 6.61 Å². The summed E-state index contributed by atoms with van der Waals surface area (Å²) >= 11 is 0. The molecule has 1 aromatic carbocycles. The van der Waals surface area contributed by atoms with Gasteiger partial charge in [0.15, 0.2) is 5.96 Å². The Balaban J connectivity index is 2.09. The van der Waals surface area contributed by atoms with Crippen LogP contribution in [0.2, 0.25) is 0 Å². The van der Waals surface area contributed by atoms with Gasteiger partial charge in [0.05, 0.1) is 13.7 Å². The van der Waals surface area contributed by atoms with Gasteiger partial charge in [-0.25, -0.2) is 4.99 Å². The Morgan fingerprint density at radius 3 is 2.69 bits per heavy atom. The van der Waals surface area contributed by atoms with Crippen LogP contribution in [0.4, 0.5) is 8.78 Å². The van der Waals surface area contributed by atoms with Crippen molar-refractivity contribution in [2.24, 2.45) is 10.9 Å². The van der Waals surface area contributed by atoms with E-state index in [1.807, 2.05) is 6.92 Å². The fourth-order valence-corrected chi connectivity index (χ4v) is 3.61. The van der Waals surface area contributed by atoms with Gasteiger partial charge >= 0.3 is 6.61 Å². The topological polar surface area (TPSA) is 49.3 Å². The molecule has 0 amide bonds. The van der Waals surface area contributed by atoms with E-state index in [2.05, 4.69) is 33.7 Å². The number of nitrogens with zero attached hydrogens (tertiary/aromatic N) is 3. The van der Waals surface area contributed by atoms with Crippen molar-refractivity contribution in [3.63, 3.8) is 0 Å². The van der Waals surface area contributed by atoms with Gasteiger partial charge in [-0.05, 0) is 44.5 Å². The molecular formula is C21H34F2N4O2. The van der Waals surface area contributed by atoms with Crippen LogP contribution in [-0.4, -0.2) is 68.7 Å². The third-order valence-corrected chi connectivity index (χ3v) is 5.22. The number of halogens is 2. The molecule has 0 aliphatic carbocycles. The molecule has 0 saturated carbocycles. The molecule has 6 nitrogen and oxygen atoms in total. The molecule has 2 rings (SSSR count). The van der Waals surface area contributed by atoms with E-state index in [9.17, 15) is 8.78 Å². The summed E-state index contributed by atoms with van der Waals surface area (Å²) in [7, 11) is 1.49. The minimum absolute atomic E-state index is 0.0970. The van der Waals surface area contributed by atoms with Crippen molar-refractivity contribution in [2.45, 2.75) is 40.3 Å². The summed E-state index contributed by atoms with van der Waals surface area (Å²) < 4.78 is 35.3. The predicted molar refractivity (Wildman–Crippen MR) is 112 cm³/mol. The average molecular weight is 413 g/mol. The van der Waals surface area contributed by atoms with Crippen molar-refractivity contribution >= 4 is 5.96 Å². The zero-order chi connectivity index (χ0) is 21.2. The molecule has 1 aliphatic heterocycles. The molecule has 1 unspecified atom stereocenters. The van der Waals surface area contributed by atoms with Gasteiger partial charge < -0.3 is 24.6 Å². The number of nitrogens with one attached hydrogen (secondary N) is 1. The molecule has 0 radical (unpaired) electrons. The Kier molecular flexibility index (Phi) is 9.44. The van der Waals surface area contributed by atoms with E-state index >= 15 is 0 Å². The Hall–Kier alpha value is -2.09. The number of hydrogen-bond acceptors (Lipinski definition) is 4. The van der Waals surface area contributed by atoms with E-state index in [-0.39, 0.29) is 12.3 Å². The van der Waals surface area contributed by atoms with Gasteiger partial charge in [0.25, 0.3) is 0 Å². The first-order chi connectivity index (χ1) is 14.0. The summed E-state index contributed by atoms with van der Waals surface area (Å²) in [5, 5.41) is 3.33. The molecule has 1 heterocycles. The number of likely N-dealkylation sites (tertiary alicyclic amines) is 1. The smallest absolute Gasteiger partial charge is 0.387 e. The fraction of sp³-hybridized carbons (Fsp3) is 0.667. The molecule has 8 heteroatoms. The van der Waals surface area contributed by atoms with Crippen LogP contribution >= 0.6 is 0 Å². The Morgan fingerprint density at radius 1 is 1.31 bits per heavy atom. The summed E-state index contributed by atoms with van der Waals surface area (Å²) in [5.41, 5.74) is 0.598. The molecule has 0 spiro atoms. The van der Waals surface area contributed by atoms with Crippen LogP contribution in [0.15, 0.2) is 23.2 Å². The predicted octanol–water partition coefficient (Wildman–Crippen LogP) is 3.43. The number of benzene rings is 1. The van der Waals surface area contributed by atoms with E-state index in [0.717, 1.165) is 51.6 Å². The second kappa shape index (κ2) is 11.8. The fourth-order valence-electron chi connectivity index (χ4n) is 3.61. The first kappa shape index (κ1) is 23.2. The van der Waals surface area contributed by atoms with Crippen molar-refractivity contribution in [1.29, 1.82) is 0 Å². The van der Waals surface area contributed by atoms with Crippen LogP contribution in [-0.2, 0) is 6.54 Å². The van der Waals surface area contributed by atoms with Crippen molar-refractivity contribution in [2.75, 3.05) is 46.4 Å². The highest BCUT2D eigenvalue weighted by atomic mass is 19.3. The largest absolute Gasteiger partial charge is 0.497 e. The molecule has 1 atom stereocenters. The Morgan fingerprint density at radius 2 is 2.07 bits per heavy atom. The Bertz CT molecular complexity index is 654. The first-order valence-electron chi connectivity index (χ1n) is 10.4. The zero-order valence-corrected chi connectivity index (χ0v) is 18.0. The van der Waals surface area contributed by atoms with E-state index in [1.165, 1.54) is 13.2 Å². The molecule has 1 saturated heterocycles. The summed E-state index contributed by atoms with van der Waals surface area (Å²) in [6.07, 6.45) is 1.13. The minimum atomic E-state index is -2.89. The summed E-state index contributed by atoms with van der Waals surface area (Å²) in [6, 6.07) is 4.92. The lowest BCUT2D eigenvalue weighted by molar-refractivity contribution is -0.0505. The molecule has 1 fully saturated rings. The third kappa shape index (κ3) is 7.03. The third-order valence-electron chi connectivity index (χ3n) is 5.22. The van der Waals surface area contributed by atoms with E-state index in [0.29, 0.717) is 17.2 Å². The van der Waals surface area contributed by atoms with Crippen LogP contribution in [0, 0.1) is 5.92 Å². The minimum Gasteiger partial charge on any atom is -0.497 e. The molecule has 164 valence electrons. The molecule has 0 bridgehead atoms. The summed E-state index contributed by atoms with van der Waals surface area (Å²) in [4.78, 5) is 9.40. The number of aliphatic imine (C=N–C) groups is 1. The molecular weight excluding hydrogens is 378 g/mol. The number of guanidine groups is 1. The van der Waals surface area contributed by atoms with Gasteiger partial charge in [-0.1, -0.05) is 13.8 Å². The second-order valence-corrected chi connectivity index (χ2v) is 7.11. The maximum Gasteiger partial charge on any atom is 0.387 e. The highest BCUT2D eigenvalue weighted by Crippen LogP contribution is 2.27. The van der Waals surface area contributed by atoms with Crippen LogP contribution < -0.4 is 14.8 Å². The molecule has 1 aromatic rings. The van der Waals surface area contributed by atoms with Crippen molar-refractivity contribution < 1.29 is 18.3 Å². The monoisotopic (exact) mass is 412 g/mol. The lowest BCUT2D eigenvalue weighted by Gasteiger charge is -2.24. The number of methoxy groups -OCH3 is 1. The maximum absolute atomic E-state index is 12.8. The number of hydrogen-bond donors (Lipinski definition) is 1. The van der Waals surface area contributed by atoms with Crippen LogP contribution in [0.5, 0.6) is 11.5 Å². The normalized spacial score (nSPS) is 17.3. The molecule has 1 aliphatic rings. The van der Waals surface area contributed by atoms with Crippen LogP contribution in [0.1, 0.15) is 32.8 Å². The second-order valence-electron chi connectivity index (χ2n) is 7.11. The Labute approximate surface area is 172 Å². The van der Waals surface area contributed by atoms with Gasteiger partial charge in [-0.2, -0.15) is 8.78 Å². The average Bonchev–Trinajstić information content (AvgIpc) is 3.17. The lowest BCUT2D eigenvalue weighted by atomic mass is 10.1. The van der Waals surface area contributed by atoms with Gasteiger partial charge in [-0.15, -0.1) is 0 Å². The van der Waals surface area contributed by atoms with Crippen molar-refractivity contribution in [1.82, 2.24) is 15.1 Å². The standard InChI is InChI=1S/C21H34F2N4O2/c1-5-24-21(27-11-10-16(15-27)14-26(6-2)7-3)25-13-17-8-9-18(28-4)12-19(17)29-20(22)23/h8-9,12,16,20H,5-7,10-11,13-15H2,1-4H3,(H,24,25). The highest BCUT2D eigenvalue weighted by Gasteiger charge is 2.26. The van der Waals surface area contributed by atoms with Gasteiger partial charge in [0, 0.05) is 37.8 Å². The van der Waals surface area contributed by atoms with Gasteiger partial charge in [0.1, 0.15) is 11.5 Å². The molecule has 29 heavy (non-hydrogen) atoms. The number of alkyl halides is 2. The first-order valence-corrected chi connectivity index (χ1v) is 10.4. The van der Waals surface area contributed by atoms with E-state index in [4.69, 9.17) is 9.73 Å². The summed E-state index contributed by atoms with van der Waals surface area (Å²) in [5.74, 6) is 1.99. The van der Waals surface area contributed by atoms with E-state index in [1.54, 1.807) is 12.1 Å². The SMILES string of the molecule is CCNC(=NCc1ccc(OC)cc1OC(F)F)N1CCC(CN(CC)CC)C1. The number of rotatable bonds is 10. The quantitative estimate of drug-likeness (QED) is 0.471.